The van der Waals surface area contributed by atoms with Crippen molar-refractivity contribution in [3.8, 4) is 5.75 Å². The fraction of sp³-hybridized carbons (Fsp3) is 0.438. The largest absolute Gasteiger partial charge is 0.513 e. The van der Waals surface area contributed by atoms with E-state index in [1.54, 1.807) is 6.07 Å². The van der Waals surface area contributed by atoms with Gasteiger partial charge < -0.3 is 19.4 Å². The molecule has 0 spiro atoms. The Bertz CT molecular complexity index is 605. The molecule has 1 N–H and O–H groups in total. The van der Waals surface area contributed by atoms with E-state index in [9.17, 15) is 4.79 Å². The fourth-order valence-corrected chi connectivity index (χ4v) is 2.15. The molecule has 0 aliphatic heterocycles. The number of nitrogens with zero attached hydrogens (tertiary/aromatic N) is 1. The van der Waals surface area contributed by atoms with Crippen molar-refractivity contribution in [2.24, 2.45) is 0 Å². The van der Waals surface area contributed by atoms with Gasteiger partial charge in [0.25, 0.3) is 0 Å². The molecule has 0 radical (unpaired) electrons. The lowest BCUT2D eigenvalue weighted by atomic mass is 10.1. The van der Waals surface area contributed by atoms with E-state index >= 15 is 0 Å². The van der Waals surface area contributed by atoms with Crippen LogP contribution in [0, 0.1) is 0 Å². The first kappa shape index (κ1) is 15.4. The van der Waals surface area contributed by atoms with Crippen molar-refractivity contribution in [3.05, 3.63) is 30.0 Å². The molecule has 0 fully saturated rings. The van der Waals surface area contributed by atoms with E-state index in [0.717, 1.165) is 35.9 Å². The minimum atomic E-state index is -0.649. The normalized spacial score (nSPS) is 11.0. The Hall–Kier alpha value is -2.01. The molecule has 5 nitrogen and oxygen atoms in total. The molecular formula is C16H22N2O3. The van der Waals surface area contributed by atoms with Crippen LogP contribution in [0.2, 0.25) is 0 Å². The molecule has 1 aromatic heterocycles. The molecule has 114 valence electrons. The second-order valence-corrected chi connectivity index (χ2v) is 5.25. The van der Waals surface area contributed by atoms with Gasteiger partial charge in [-0.3, -0.25) is 0 Å². The number of carbonyl (C=O) groups excluding carboxylic acids is 1. The Labute approximate surface area is 124 Å². The standard InChI is InChI=1S/C16H22N2O3/c1-4-10-20-16(19)21-14-7-5-6-13-15(14)12(11-17-13)8-9-18(2)3/h5-7,11,17H,4,8-10H2,1-3H3. The van der Waals surface area contributed by atoms with Crippen LogP contribution in [0.4, 0.5) is 4.79 Å². The molecule has 0 amide bonds. The van der Waals surface area contributed by atoms with Crippen molar-refractivity contribution in [2.75, 3.05) is 27.2 Å². The summed E-state index contributed by atoms with van der Waals surface area (Å²) in [5.74, 6) is 0.545. The highest BCUT2D eigenvalue weighted by molar-refractivity contribution is 5.90. The topological polar surface area (TPSA) is 54.6 Å². The molecule has 0 atom stereocenters. The molecule has 2 rings (SSSR count). The number of H-pyrrole nitrogens is 1. The Balaban J connectivity index is 2.22. The second kappa shape index (κ2) is 7.13. The first-order valence-corrected chi connectivity index (χ1v) is 7.20. The predicted molar refractivity (Wildman–Crippen MR) is 82.8 cm³/mol. The van der Waals surface area contributed by atoms with Gasteiger partial charge in [0.2, 0.25) is 0 Å². The number of fused-ring (bicyclic) bond motifs is 1. The average molecular weight is 290 g/mol. The first-order chi connectivity index (χ1) is 10.1. The Morgan fingerprint density at radius 2 is 2.14 bits per heavy atom. The molecule has 2 aromatic rings. The number of benzene rings is 1. The van der Waals surface area contributed by atoms with Gasteiger partial charge in [-0.25, -0.2) is 4.79 Å². The lowest BCUT2D eigenvalue weighted by Gasteiger charge is -2.10. The summed E-state index contributed by atoms with van der Waals surface area (Å²) in [5.41, 5.74) is 2.10. The third kappa shape index (κ3) is 3.98. The molecule has 0 aliphatic rings. The average Bonchev–Trinajstić information content (AvgIpc) is 2.87. The van der Waals surface area contributed by atoms with Crippen molar-refractivity contribution < 1.29 is 14.3 Å². The van der Waals surface area contributed by atoms with Crippen LogP contribution in [0.5, 0.6) is 5.75 Å². The van der Waals surface area contributed by atoms with Crippen molar-refractivity contribution >= 4 is 17.1 Å². The molecule has 0 bridgehead atoms. The zero-order valence-electron chi connectivity index (χ0n) is 12.8. The number of aromatic amines is 1. The molecule has 0 unspecified atom stereocenters. The number of carbonyl (C=O) groups is 1. The van der Waals surface area contributed by atoms with E-state index in [1.807, 2.05) is 39.3 Å². The van der Waals surface area contributed by atoms with E-state index in [-0.39, 0.29) is 0 Å². The smallest absolute Gasteiger partial charge is 0.434 e. The lowest BCUT2D eigenvalue weighted by molar-refractivity contribution is 0.0997. The molecule has 21 heavy (non-hydrogen) atoms. The summed E-state index contributed by atoms with van der Waals surface area (Å²) in [6.45, 7) is 3.25. The number of rotatable bonds is 6. The predicted octanol–water partition coefficient (Wildman–Crippen LogP) is 3.20. The van der Waals surface area contributed by atoms with Crippen LogP contribution in [-0.4, -0.2) is 43.3 Å². The van der Waals surface area contributed by atoms with Crippen LogP contribution < -0.4 is 4.74 Å². The Kier molecular flexibility index (Phi) is 5.22. The van der Waals surface area contributed by atoms with Gasteiger partial charge in [-0.2, -0.15) is 0 Å². The summed E-state index contributed by atoms with van der Waals surface area (Å²) < 4.78 is 10.3. The molecular weight excluding hydrogens is 268 g/mol. The van der Waals surface area contributed by atoms with Crippen molar-refractivity contribution in [2.45, 2.75) is 19.8 Å². The highest BCUT2D eigenvalue weighted by atomic mass is 16.7. The summed E-state index contributed by atoms with van der Waals surface area (Å²) in [6.07, 6.45) is 2.98. The monoisotopic (exact) mass is 290 g/mol. The van der Waals surface area contributed by atoms with E-state index in [0.29, 0.717) is 12.4 Å². The second-order valence-electron chi connectivity index (χ2n) is 5.25. The summed E-state index contributed by atoms with van der Waals surface area (Å²) in [6, 6.07) is 5.62. The van der Waals surface area contributed by atoms with Gasteiger partial charge >= 0.3 is 6.16 Å². The van der Waals surface area contributed by atoms with E-state index in [4.69, 9.17) is 9.47 Å². The van der Waals surface area contributed by atoms with Crippen molar-refractivity contribution in [3.63, 3.8) is 0 Å². The number of likely N-dealkylation sites (N-methyl/N-ethyl adjacent to an activating group) is 1. The van der Waals surface area contributed by atoms with Gasteiger partial charge in [0.1, 0.15) is 5.75 Å². The van der Waals surface area contributed by atoms with Crippen LogP contribution >= 0.6 is 0 Å². The van der Waals surface area contributed by atoms with Crippen LogP contribution in [0.3, 0.4) is 0 Å². The van der Waals surface area contributed by atoms with Gasteiger partial charge in [0, 0.05) is 23.6 Å². The maximum absolute atomic E-state index is 11.7. The highest BCUT2D eigenvalue weighted by Gasteiger charge is 2.13. The lowest BCUT2D eigenvalue weighted by Crippen LogP contribution is -2.15. The SMILES string of the molecule is CCCOC(=O)Oc1cccc2[nH]cc(CCN(C)C)c12. The first-order valence-electron chi connectivity index (χ1n) is 7.20. The van der Waals surface area contributed by atoms with Crippen molar-refractivity contribution in [1.29, 1.82) is 0 Å². The number of nitrogens with one attached hydrogen (secondary N) is 1. The third-order valence-corrected chi connectivity index (χ3v) is 3.19. The Morgan fingerprint density at radius 3 is 2.86 bits per heavy atom. The number of ether oxygens (including phenoxy) is 2. The van der Waals surface area contributed by atoms with Gasteiger partial charge in [-0.1, -0.05) is 13.0 Å². The summed E-state index contributed by atoms with van der Waals surface area (Å²) >= 11 is 0. The van der Waals surface area contributed by atoms with Gasteiger partial charge in [0.15, 0.2) is 0 Å². The third-order valence-electron chi connectivity index (χ3n) is 3.19. The van der Waals surface area contributed by atoms with Crippen LogP contribution in [-0.2, 0) is 11.2 Å². The number of hydrogen-bond donors (Lipinski definition) is 1. The molecule has 1 heterocycles. The van der Waals surface area contributed by atoms with E-state index < -0.39 is 6.16 Å². The van der Waals surface area contributed by atoms with E-state index in [2.05, 4.69) is 9.88 Å². The highest BCUT2D eigenvalue weighted by Crippen LogP contribution is 2.29. The van der Waals surface area contributed by atoms with E-state index in [1.165, 1.54) is 0 Å². The fourth-order valence-electron chi connectivity index (χ4n) is 2.15. The molecule has 5 heteroatoms. The molecule has 0 saturated carbocycles. The molecule has 0 aliphatic carbocycles. The minimum absolute atomic E-state index is 0.370. The maximum Gasteiger partial charge on any atom is 0.513 e. The van der Waals surface area contributed by atoms with Gasteiger partial charge in [-0.05, 0) is 44.6 Å². The Morgan fingerprint density at radius 1 is 1.33 bits per heavy atom. The molecule has 0 saturated heterocycles. The maximum atomic E-state index is 11.7. The summed E-state index contributed by atoms with van der Waals surface area (Å²) in [7, 11) is 4.07. The quantitative estimate of drug-likeness (QED) is 0.655. The van der Waals surface area contributed by atoms with Crippen LogP contribution in [0.15, 0.2) is 24.4 Å². The zero-order valence-corrected chi connectivity index (χ0v) is 12.8. The summed E-state index contributed by atoms with van der Waals surface area (Å²) in [5, 5.41) is 0.952. The number of aromatic nitrogens is 1. The number of hydrogen-bond acceptors (Lipinski definition) is 4. The minimum Gasteiger partial charge on any atom is -0.434 e. The summed E-state index contributed by atoms with van der Waals surface area (Å²) in [4.78, 5) is 17.0. The van der Waals surface area contributed by atoms with Gasteiger partial charge in [-0.15, -0.1) is 0 Å². The van der Waals surface area contributed by atoms with Gasteiger partial charge in [0.05, 0.1) is 6.61 Å². The molecule has 1 aromatic carbocycles. The zero-order chi connectivity index (χ0) is 15.2. The van der Waals surface area contributed by atoms with Crippen LogP contribution in [0.1, 0.15) is 18.9 Å². The van der Waals surface area contributed by atoms with Crippen molar-refractivity contribution in [1.82, 2.24) is 9.88 Å². The van der Waals surface area contributed by atoms with Crippen LogP contribution in [0.25, 0.3) is 10.9 Å².